The minimum Gasteiger partial charge on any atom is -0.494 e. The molecule has 1 aromatic carbocycles. The molecule has 0 bridgehead atoms. The second kappa shape index (κ2) is 9.27. The molecule has 0 aliphatic carbocycles. The molecular formula is C17H27N3O. The molecule has 1 aromatic rings. The van der Waals surface area contributed by atoms with Gasteiger partial charge in [-0.2, -0.15) is 0 Å². The van der Waals surface area contributed by atoms with E-state index in [-0.39, 0.29) is 0 Å². The molecule has 1 aliphatic heterocycles. The molecule has 0 amide bonds. The Labute approximate surface area is 128 Å². The van der Waals surface area contributed by atoms with Crippen LogP contribution in [0.15, 0.2) is 35.3 Å². The van der Waals surface area contributed by atoms with Gasteiger partial charge in [0.2, 0.25) is 0 Å². The lowest BCUT2D eigenvalue weighted by Crippen LogP contribution is -2.39. The fourth-order valence-electron chi connectivity index (χ4n) is 2.46. The number of nitrogens with one attached hydrogen (secondary N) is 1. The molecule has 1 saturated heterocycles. The number of guanidine groups is 1. The zero-order chi connectivity index (χ0) is 14.8. The maximum atomic E-state index is 5.69. The van der Waals surface area contributed by atoms with Crippen molar-refractivity contribution in [3.63, 3.8) is 0 Å². The topological polar surface area (TPSA) is 36.9 Å². The van der Waals surface area contributed by atoms with E-state index in [9.17, 15) is 0 Å². The number of rotatable bonds is 7. The quantitative estimate of drug-likeness (QED) is 0.476. The maximum absolute atomic E-state index is 5.69. The molecule has 0 saturated carbocycles. The molecule has 0 aromatic heterocycles. The van der Waals surface area contributed by atoms with E-state index in [2.05, 4.69) is 17.1 Å². The number of ether oxygens (including phenoxy) is 1. The van der Waals surface area contributed by atoms with Crippen LogP contribution >= 0.6 is 0 Å². The van der Waals surface area contributed by atoms with Crippen LogP contribution in [-0.4, -0.2) is 43.6 Å². The minimum atomic E-state index is 0.764. The number of nitrogens with zero attached hydrogens (tertiary/aromatic N) is 2. The smallest absolute Gasteiger partial charge is 0.193 e. The van der Waals surface area contributed by atoms with Gasteiger partial charge in [0.25, 0.3) is 0 Å². The van der Waals surface area contributed by atoms with Crippen LogP contribution < -0.4 is 10.1 Å². The number of benzene rings is 1. The van der Waals surface area contributed by atoms with Crippen molar-refractivity contribution < 1.29 is 4.74 Å². The third-order valence-electron chi connectivity index (χ3n) is 3.57. The molecule has 21 heavy (non-hydrogen) atoms. The highest BCUT2D eigenvalue weighted by molar-refractivity contribution is 5.80. The Morgan fingerprint density at radius 2 is 1.95 bits per heavy atom. The van der Waals surface area contributed by atoms with E-state index in [1.165, 1.54) is 12.8 Å². The third kappa shape index (κ3) is 5.66. The lowest BCUT2D eigenvalue weighted by Gasteiger charge is -2.20. The van der Waals surface area contributed by atoms with Crippen LogP contribution in [0, 0.1) is 0 Å². The molecule has 1 heterocycles. The van der Waals surface area contributed by atoms with Crippen molar-refractivity contribution in [2.75, 3.05) is 32.8 Å². The van der Waals surface area contributed by atoms with Crippen LogP contribution in [0.3, 0.4) is 0 Å². The first-order chi connectivity index (χ1) is 10.4. The molecule has 1 aliphatic rings. The fraction of sp³-hybridized carbons (Fsp3) is 0.588. The average molecular weight is 289 g/mol. The lowest BCUT2D eigenvalue weighted by atomic mass is 10.3. The van der Waals surface area contributed by atoms with E-state index in [1.54, 1.807) is 0 Å². The first-order valence-electron chi connectivity index (χ1n) is 8.11. The number of likely N-dealkylation sites (tertiary alicyclic amines) is 1. The van der Waals surface area contributed by atoms with Crippen molar-refractivity contribution in [1.82, 2.24) is 10.2 Å². The molecule has 0 atom stereocenters. The van der Waals surface area contributed by atoms with Gasteiger partial charge in [-0.25, -0.2) is 0 Å². The number of aliphatic imine (C=N–C) groups is 1. The molecule has 1 fully saturated rings. The van der Waals surface area contributed by atoms with Crippen molar-refractivity contribution in [2.45, 2.75) is 32.6 Å². The van der Waals surface area contributed by atoms with Gasteiger partial charge < -0.3 is 15.0 Å². The number of hydrogen-bond acceptors (Lipinski definition) is 2. The first kappa shape index (κ1) is 15.7. The third-order valence-corrected chi connectivity index (χ3v) is 3.57. The van der Waals surface area contributed by atoms with Crippen molar-refractivity contribution in [1.29, 1.82) is 0 Å². The number of para-hydroxylation sites is 1. The summed E-state index contributed by atoms with van der Waals surface area (Å²) in [5.74, 6) is 2.03. The van der Waals surface area contributed by atoms with E-state index in [1.807, 2.05) is 30.3 Å². The summed E-state index contributed by atoms with van der Waals surface area (Å²) in [6, 6.07) is 9.99. The lowest BCUT2D eigenvalue weighted by molar-refractivity contribution is 0.308. The van der Waals surface area contributed by atoms with Gasteiger partial charge in [-0.3, -0.25) is 4.99 Å². The van der Waals surface area contributed by atoms with Gasteiger partial charge in [-0.1, -0.05) is 18.2 Å². The SMILES string of the molecule is CCNC(=NCCCCOc1ccccc1)N1CCCC1. The summed E-state index contributed by atoms with van der Waals surface area (Å²) in [6.45, 7) is 6.98. The zero-order valence-electron chi connectivity index (χ0n) is 13.1. The number of hydrogen-bond donors (Lipinski definition) is 1. The Bertz CT molecular complexity index is 413. The Morgan fingerprint density at radius 1 is 1.19 bits per heavy atom. The first-order valence-corrected chi connectivity index (χ1v) is 8.11. The highest BCUT2D eigenvalue weighted by atomic mass is 16.5. The molecule has 4 nitrogen and oxygen atoms in total. The van der Waals surface area contributed by atoms with Crippen LogP contribution in [0.1, 0.15) is 32.6 Å². The Morgan fingerprint density at radius 3 is 2.67 bits per heavy atom. The van der Waals surface area contributed by atoms with Gasteiger partial charge in [0.15, 0.2) is 5.96 Å². The van der Waals surface area contributed by atoms with Crippen molar-refractivity contribution in [3.05, 3.63) is 30.3 Å². The van der Waals surface area contributed by atoms with Crippen LogP contribution in [0.5, 0.6) is 5.75 Å². The second-order valence-electron chi connectivity index (χ2n) is 5.30. The molecule has 1 N–H and O–H groups in total. The molecule has 116 valence electrons. The van der Waals surface area contributed by atoms with E-state index in [0.717, 1.165) is 57.3 Å². The summed E-state index contributed by atoms with van der Waals surface area (Å²) in [6.07, 6.45) is 4.68. The van der Waals surface area contributed by atoms with Crippen LogP contribution in [0.2, 0.25) is 0 Å². The van der Waals surface area contributed by atoms with Gasteiger partial charge in [0.1, 0.15) is 5.75 Å². The minimum absolute atomic E-state index is 0.764. The molecule has 4 heteroatoms. The predicted molar refractivity (Wildman–Crippen MR) is 88.0 cm³/mol. The monoisotopic (exact) mass is 289 g/mol. The highest BCUT2D eigenvalue weighted by Crippen LogP contribution is 2.09. The molecule has 0 spiro atoms. The normalized spacial score (nSPS) is 15.3. The van der Waals surface area contributed by atoms with Gasteiger partial charge in [-0.05, 0) is 44.7 Å². The van der Waals surface area contributed by atoms with E-state index in [4.69, 9.17) is 9.73 Å². The fourth-order valence-corrected chi connectivity index (χ4v) is 2.46. The van der Waals surface area contributed by atoms with E-state index < -0.39 is 0 Å². The van der Waals surface area contributed by atoms with Crippen LogP contribution in [-0.2, 0) is 0 Å². The zero-order valence-corrected chi connectivity index (χ0v) is 13.1. The van der Waals surface area contributed by atoms with Crippen molar-refractivity contribution >= 4 is 5.96 Å². The average Bonchev–Trinajstić information content (AvgIpc) is 3.05. The molecule has 0 radical (unpaired) electrons. The summed E-state index contributed by atoms with van der Waals surface area (Å²) in [5, 5.41) is 3.39. The summed E-state index contributed by atoms with van der Waals surface area (Å²) in [7, 11) is 0. The standard InChI is InChI=1S/C17H27N3O/c1-2-18-17(20-13-7-8-14-20)19-12-6-9-15-21-16-10-4-3-5-11-16/h3-5,10-11H,2,6-9,12-15H2,1H3,(H,18,19). The van der Waals surface area contributed by atoms with Crippen molar-refractivity contribution in [2.24, 2.45) is 4.99 Å². The summed E-state index contributed by atoms with van der Waals surface area (Å²) >= 11 is 0. The largest absolute Gasteiger partial charge is 0.494 e. The van der Waals surface area contributed by atoms with Gasteiger partial charge in [0.05, 0.1) is 6.61 Å². The highest BCUT2D eigenvalue weighted by Gasteiger charge is 2.14. The van der Waals surface area contributed by atoms with Crippen LogP contribution in [0.4, 0.5) is 0 Å². The Kier molecular flexibility index (Phi) is 6.92. The molecule has 0 unspecified atom stereocenters. The molecular weight excluding hydrogens is 262 g/mol. The molecule has 2 rings (SSSR count). The summed E-state index contributed by atoms with van der Waals surface area (Å²) in [5.41, 5.74) is 0. The van der Waals surface area contributed by atoms with E-state index >= 15 is 0 Å². The van der Waals surface area contributed by atoms with Gasteiger partial charge >= 0.3 is 0 Å². The van der Waals surface area contributed by atoms with Gasteiger partial charge in [-0.15, -0.1) is 0 Å². The summed E-state index contributed by atoms with van der Waals surface area (Å²) < 4.78 is 5.69. The summed E-state index contributed by atoms with van der Waals surface area (Å²) in [4.78, 5) is 7.08. The van der Waals surface area contributed by atoms with E-state index in [0.29, 0.717) is 0 Å². The Balaban J connectivity index is 1.63. The predicted octanol–water partition coefficient (Wildman–Crippen LogP) is 2.91. The van der Waals surface area contributed by atoms with Crippen LogP contribution in [0.25, 0.3) is 0 Å². The number of unbranched alkanes of at least 4 members (excludes halogenated alkanes) is 1. The Hall–Kier alpha value is -1.71. The van der Waals surface area contributed by atoms with Crippen molar-refractivity contribution in [3.8, 4) is 5.75 Å². The second-order valence-corrected chi connectivity index (χ2v) is 5.30. The maximum Gasteiger partial charge on any atom is 0.193 e. The van der Waals surface area contributed by atoms with Gasteiger partial charge in [0, 0.05) is 26.2 Å².